The van der Waals surface area contributed by atoms with Gasteiger partial charge in [0.1, 0.15) is 11.6 Å². The van der Waals surface area contributed by atoms with E-state index in [9.17, 15) is 4.39 Å². The third-order valence-electron chi connectivity index (χ3n) is 5.05. The fourth-order valence-corrected chi connectivity index (χ4v) is 3.68. The van der Waals surface area contributed by atoms with E-state index in [1.54, 1.807) is 25.3 Å². The average molecular weight is 413 g/mol. The quantitative estimate of drug-likeness (QED) is 0.654. The maximum atomic E-state index is 14.4. The molecule has 5 nitrogen and oxygen atoms in total. The number of aryl methyl sites for hydroxylation is 1. The zero-order chi connectivity index (χ0) is 20.2. The number of halogens is 2. The Morgan fingerprint density at radius 2 is 2.03 bits per heavy atom. The maximum Gasteiger partial charge on any atom is 0.224 e. The Morgan fingerprint density at radius 3 is 2.86 bits per heavy atom. The van der Waals surface area contributed by atoms with Crippen molar-refractivity contribution >= 4 is 23.4 Å². The van der Waals surface area contributed by atoms with E-state index in [0.717, 1.165) is 12.4 Å². The fraction of sp³-hybridized carbons (Fsp3) is 0.273. The third-order valence-corrected chi connectivity index (χ3v) is 5.40. The first-order valence-electron chi connectivity index (χ1n) is 9.53. The van der Waals surface area contributed by atoms with Gasteiger partial charge in [-0.05, 0) is 30.2 Å². The standard InChI is InChI=1S/C22H22ClFN4O/c1-15-7-8-18(23)17(21(15)24)13-26-22-25-10-9-20(27-22)28-11-12-29-14-19(28)16-5-3-2-4-6-16/h2-10,19H,11-14H2,1H3,(H,25,26,27). The molecule has 3 aromatic rings. The first-order chi connectivity index (χ1) is 14.1. The van der Waals surface area contributed by atoms with Crippen LogP contribution < -0.4 is 10.2 Å². The van der Waals surface area contributed by atoms with Gasteiger partial charge in [-0.3, -0.25) is 0 Å². The van der Waals surface area contributed by atoms with Crippen LogP contribution in [0.5, 0.6) is 0 Å². The van der Waals surface area contributed by atoms with Gasteiger partial charge < -0.3 is 15.0 Å². The summed E-state index contributed by atoms with van der Waals surface area (Å²) in [6.07, 6.45) is 1.70. The molecule has 1 atom stereocenters. The van der Waals surface area contributed by atoms with Gasteiger partial charge >= 0.3 is 0 Å². The molecule has 0 radical (unpaired) electrons. The molecular weight excluding hydrogens is 391 g/mol. The summed E-state index contributed by atoms with van der Waals surface area (Å²) in [6, 6.07) is 15.6. The second-order valence-corrected chi connectivity index (χ2v) is 7.35. The summed E-state index contributed by atoms with van der Waals surface area (Å²) in [5.74, 6) is 0.923. The van der Waals surface area contributed by atoms with Crippen LogP contribution in [-0.4, -0.2) is 29.7 Å². The monoisotopic (exact) mass is 412 g/mol. The molecule has 0 spiro atoms. The molecule has 2 heterocycles. The number of anilines is 2. The molecule has 1 N–H and O–H groups in total. The summed E-state index contributed by atoms with van der Waals surface area (Å²) in [6.45, 7) is 3.89. The van der Waals surface area contributed by atoms with Crippen molar-refractivity contribution in [2.75, 3.05) is 30.0 Å². The molecule has 1 fully saturated rings. The predicted octanol–water partition coefficient (Wildman–Crippen LogP) is 4.77. The molecule has 1 unspecified atom stereocenters. The molecule has 2 aromatic carbocycles. The third kappa shape index (κ3) is 4.33. The van der Waals surface area contributed by atoms with Gasteiger partial charge in [0.15, 0.2) is 0 Å². The highest BCUT2D eigenvalue weighted by Gasteiger charge is 2.26. The van der Waals surface area contributed by atoms with Gasteiger partial charge in [0.2, 0.25) is 5.95 Å². The SMILES string of the molecule is Cc1ccc(Cl)c(CNc2nccc(N3CCOCC3c3ccccc3)n2)c1F. The molecular formula is C22H22ClFN4O. The number of aromatic nitrogens is 2. The molecule has 0 aliphatic carbocycles. The van der Waals surface area contributed by atoms with E-state index in [0.29, 0.717) is 35.3 Å². The molecule has 1 aromatic heterocycles. The van der Waals surface area contributed by atoms with E-state index < -0.39 is 0 Å². The topological polar surface area (TPSA) is 50.3 Å². The van der Waals surface area contributed by atoms with Crippen LogP contribution >= 0.6 is 11.6 Å². The van der Waals surface area contributed by atoms with Crippen LogP contribution in [0, 0.1) is 12.7 Å². The van der Waals surface area contributed by atoms with Crippen molar-refractivity contribution in [3.63, 3.8) is 0 Å². The summed E-state index contributed by atoms with van der Waals surface area (Å²) in [5.41, 5.74) is 2.14. The first kappa shape index (κ1) is 19.6. The lowest BCUT2D eigenvalue weighted by Gasteiger charge is -2.36. The predicted molar refractivity (Wildman–Crippen MR) is 113 cm³/mol. The van der Waals surface area contributed by atoms with Gasteiger partial charge in [0, 0.05) is 29.9 Å². The van der Waals surface area contributed by atoms with Crippen LogP contribution in [0.4, 0.5) is 16.2 Å². The molecule has 0 amide bonds. The highest BCUT2D eigenvalue weighted by molar-refractivity contribution is 6.31. The number of hydrogen-bond donors (Lipinski definition) is 1. The van der Waals surface area contributed by atoms with Crippen LogP contribution in [0.2, 0.25) is 5.02 Å². The van der Waals surface area contributed by atoms with Gasteiger partial charge in [-0.1, -0.05) is 48.0 Å². The molecule has 29 heavy (non-hydrogen) atoms. The van der Waals surface area contributed by atoms with Crippen molar-refractivity contribution in [2.24, 2.45) is 0 Å². The zero-order valence-electron chi connectivity index (χ0n) is 16.1. The molecule has 0 bridgehead atoms. The number of ether oxygens (including phenoxy) is 1. The van der Waals surface area contributed by atoms with E-state index >= 15 is 0 Å². The zero-order valence-corrected chi connectivity index (χ0v) is 16.9. The summed E-state index contributed by atoms with van der Waals surface area (Å²) in [5, 5.41) is 3.48. The molecule has 0 saturated carbocycles. The summed E-state index contributed by atoms with van der Waals surface area (Å²) in [7, 11) is 0. The molecule has 1 saturated heterocycles. The minimum atomic E-state index is -0.307. The van der Waals surface area contributed by atoms with Crippen molar-refractivity contribution in [1.82, 2.24) is 9.97 Å². The minimum Gasteiger partial charge on any atom is -0.377 e. The van der Waals surface area contributed by atoms with Crippen LogP contribution in [0.15, 0.2) is 54.7 Å². The fourth-order valence-electron chi connectivity index (χ4n) is 3.47. The number of nitrogens with one attached hydrogen (secondary N) is 1. The Labute approximate surface area is 174 Å². The van der Waals surface area contributed by atoms with Gasteiger partial charge in [-0.2, -0.15) is 4.98 Å². The van der Waals surface area contributed by atoms with Crippen LogP contribution in [0.25, 0.3) is 0 Å². The summed E-state index contributed by atoms with van der Waals surface area (Å²) >= 11 is 6.16. The Hall–Kier alpha value is -2.70. The summed E-state index contributed by atoms with van der Waals surface area (Å²) < 4.78 is 20.1. The van der Waals surface area contributed by atoms with Crippen molar-refractivity contribution < 1.29 is 9.13 Å². The van der Waals surface area contributed by atoms with E-state index in [2.05, 4.69) is 32.3 Å². The normalized spacial score (nSPS) is 16.7. The van der Waals surface area contributed by atoms with Crippen molar-refractivity contribution in [3.05, 3.63) is 82.3 Å². The smallest absolute Gasteiger partial charge is 0.224 e. The second kappa shape index (κ2) is 8.76. The highest BCUT2D eigenvalue weighted by Crippen LogP contribution is 2.29. The van der Waals surface area contributed by atoms with Crippen LogP contribution in [-0.2, 0) is 11.3 Å². The van der Waals surface area contributed by atoms with Gasteiger partial charge in [0.05, 0.1) is 19.3 Å². The van der Waals surface area contributed by atoms with Crippen LogP contribution in [0.3, 0.4) is 0 Å². The Balaban J connectivity index is 1.55. The minimum absolute atomic E-state index is 0.0800. The Bertz CT molecular complexity index is 986. The maximum absolute atomic E-state index is 14.4. The van der Waals surface area contributed by atoms with Crippen molar-refractivity contribution in [1.29, 1.82) is 0 Å². The average Bonchev–Trinajstić information content (AvgIpc) is 2.77. The van der Waals surface area contributed by atoms with Gasteiger partial charge in [0.25, 0.3) is 0 Å². The molecule has 4 rings (SSSR count). The van der Waals surface area contributed by atoms with Crippen LogP contribution in [0.1, 0.15) is 22.7 Å². The lowest BCUT2D eigenvalue weighted by Crippen LogP contribution is -2.40. The van der Waals surface area contributed by atoms with Crippen molar-refractivity contribution in [3.8, 4) is 0 Å². The lowest BCUT2D eigenvalue weighted by molar-refractivity contribution is 0.0937. The van der Waals surface area contributed by atoms with E-state index in [-0.39, 0.29) is 18.4 Å². The molecule has 7 heteroatoms. The number of rotatable bonds is 5. The lowest BCUT2D eigenvalue weighted by atomic mass is 10.1. The van der Waals surface area contributed by atoms with E-state index in [1.807, 2.05) is 24.3 Å². The second-order valence-electron chi connectivity index (χ2n) is 6.94. The largest absolute Gasteiger partial charge is 0.377 e. The Morgan fingerprint density at radius 1 is 1.21 bits per heavy atom. The van der Waals surface area contributed by atoms with E-state index in [1.165, 1.54) is 5.56 Å². The number of morpholine rings is 1. The van der Waals surface area contributed by atoms with Gasteiger partial charge in [-0.25, -0.2) is 9.37 Å². The first-order valence-corrected chi connectivity index (χ1v) is 9.91. The molecule has 1 aliphatic rings. The van der Waals surface area contributed by atoms with E-state index in [4.69, 9.17) is 16.3 Å². The number of benzene rings is 2. The highest BCUT2D eigenvalue weighted by atomic mass is 35.5. The van der Waals surface area contributed by atoms with Crippen molar-refractivity contribution in [2.45, 2.75) is 19.5 Å². The summed E-state index contributed by atoms with van der Waals surface area (Å²) in [4.78, 5) is 11.1. The molecule has 150 valence electrons. The Kier molecular flexibility index (Phi) is 5.92. The number of nitrogens with zero attached hydrogens (tertiary/aromatic N) is 3. The van der Waals surface area contributed by atoms with Gasteiger partial charge in [-0.15, -0.1) is 0 Å². The number of hydrogen-bond acceptors (Lipinski definition) is 5. The molecule has 1 aliphatic heterocycles.